The highest BCUT2D eigenvalue weighted by Gasteiger charge is 1.95. The summed E-state index contributed by atoms with van der Waals surface area (Å²) >= 11 is 9.05. The molecule has 0 spiro atoms. The van der Waals surface area contributed by atoms with Crippen molar-refractivity contribution in [1.82, 2.24) is 9.97 Å². The van der Waals surface area contributed by atoms with E-state index < -0.39 is 0 Å². The summed E-state index contributed by atoms with van der Waals surface area (Å²) < 4.78 is 0. The Labute approximate surface area is 154 Å². The van der Waals surface area contributed by atoms with E-state index in [1.165, 1.54) is 5.39 Å². The minimum atomic E-state index is 0.477. The molecule has 4 rings (SSSR count). The summed E-state index contributed by atoms with van der Waals surface area (Å²) in [6.07, 6.45) is 0. The van der Waals surface area contributed by atoms with Crippen molar-refractivity contribution in [3.05, 3.63) is 84.2 Å². The summed E-state index contributed by atoms with van der Waals surface area (Å²) in [5.41, 5.74) is 4.08. The largest absolute Gasteiger partial charge is 0.252 e. The van der Waals surface area contributed by atoms with Crippen molar-refractivity contribution in [3.8, 4) is 0 Å². The predicted molar refractivity (Wildman–Crippen MR) is 106 cm³/mol. The molecule has 0 saturated heterocycles. The molecular weight excluding hydrogens is 384 g/mol. The van der Waals surface area contributed by atoms with Crippen LogP contribution in [-0.4, -0.2) is 9.97 Å². The molecule has 2 nitrogen and oxygen atoms in total. The number of alkyl halides is 2. The van der Waals surface area contributed by atoms with Crippen LogP contribution in [0, 0.1) is 0 Å². The first-order valence-electron chi connectivity index (χ1n) is 7.61. The second kappa shape index (κ2) is 8.22. The SMILES string of the molecule is BrCc1ccc2ccccc2n1.ClCc1ccc2ccccc2n1. The number of aromatic nitrogens is 2. The zero-order valence-electron chi connectivity index (χ0n) is 13.0. The fourth-order valence-corrected chi connectivity index (χ4v) is 2.83. The third kappa shape index (κ3) is 4.11. The molecule has 0 aliphatic heterocycles. The van der Waals surface area contributed by atoms with E-state index in [2.05, 4.69) is 38.0 Å². The van der Waals surface area contributed by atoms with Gasteiger partial charge in [0.1, 0.15) is 0 Å². The Kier molecular flexibility index (Phi) is 5.78. The number of pyridine rings is 2. The van der Waals surface area contributed by atoms with Crippen molar-refractivity contribution in [2.45, 2.75) is 11.2 Å². The van der Waals surface area contributed by atoms with Crippen LogP contribution < -0.4 is 0 Å². The standard InChI is InChI=1S/C10H8BrN.C10H8ClN/c2*11-7-9-6-5-8-3-1-2-4-10(8)12-9/h2*1-6H,7H2. The normalized spacial score (nSPS) is 10.4. The summed E-state index contributed by atoms with van der Waals surface area (Å²) in [5, 5.41) is 3.17. The van der Waals surface area contributed by atoms with Crippen molar-refractivity contribution in [2.24, 2.45) is 0 Å². The molecule has 0 aliphatic carbocycles. The van der Waals surface area contributed by atoms with Crippen LogP contribution in [0.4, 0.5) is 0 Å². The number of benzene rings is 2. The summed E-state index contributed by atoms with van der Waals surface area (Å²) in [6.45, 7) is 0. The molecule has 24 heavy (non-hydrogen) atoms. The van der Waals surface area contributed by atoms with Gasteiger partial charge >= 0.3 is 0 Å². The smallest absolute Gasteiger partial charge is 0.0705 e. The van der Waals surface area contributed by atoms with Gasteiger partial charge in [-0.15, -0.1) is 11.6 Å². The second-order valence-corrected chi connectivity index (χ2v) is 6.09. The Morgan fingerprint density at radius 2 is 1.17 bits per heavy atom. The lowest BCUT2D eigenvalue weighted by molar-refractivity contribution is 1.22. The molecule has 0 radical (unpaired) electrons. The highest BCUT2D eigenvalue weighted by Crippen LogP contribution is 2.13. The van der Waals surface area contributed by atoms with Crippen molar-refractivity contribution in [2.75, 3.05) is 0 Å². The molecule has 2 heterocycles. The Bertz CT molecular complexity index is 877. The van der Waals surface area contributed by atoms with E-state index in [9.17, 15) is 0 Å². The molecule has 0 atom stereocenters. The molecule has 120 valence electrons. The van der Waals surface area contributed by atoms with Crippen LogP contribution >= 0.6 is 27.5 Å². The van der Waals surface area contributed by atoms with Crippen molar-refractivity contribution in [3.63, 3.8) is 0 Å². The molecule has 2 aromatic heterocycles. The summed E-state index contributed by atoms with van der Waals surface area (Å²) in [4.78, 5) is 8.81. The summed E-state index contributed by atoms with van der Waals surface area (Å²) in [7, 11) is 0. The van der Waals surface area contributed by atoms with E-state index in [0.29, 0.717) is 5.88 Å². The highest BCUT2D eigenvalue weighted by molar-refractivity contribution is 9.08. The lowest BCUT2D eigenvalue weighted by Crippen LogP contribution is -1.84. The molecule has 0 fully saturated rings. The number of rotatable bonds is 2. The van der Waals surface area contributed by atoms with Gasteiger partial charge in [0.2, 0.25) is 0 Å². The van der Waals surface area contributed by atoms with Crippen LogP contribution in [0.3, 0.4) is 0 Å². The molecule has 0 bridgehead atoms. The van der Waals surface area contributed by atoms with Gasteiger partial charge in [0, 0.05) is 16.1 Å². The summed E-state index contributed by atoms with van der Waals surface area (Å²) in [5.74, 6) is 0.477. The van der Waals surface area contributed by atoms with E-state index in [4.69, 9.17) is 11.6 Å². The molecule has 0 unspecified atom stereocenters. The average Bonchev–Trinajstić information content (AvgIpc) is 2.67. The zero-order chi connectivity index (χ0) is 16.8. The number of hydrogen-bond acceptors (Lipinski definition) is 2. The fourth-order valence-electron chi connectivity index (χ4n) is 2.37. The number of para-hydroxylation sites is 2. The Hall–Kier alpha value is -1.97. The van der Waals surface area contributed by atoms with Gasteiger partial charge in [-0.25, -0.2) is 0 Å². The van der Waals surface area contributed by atoms with Gasteiger partial charge in [-0.2, -0.15) is 0 Å². The number of fused-ring (bicyclic) bond motifs is 2. The lowest BCUT2D eigenvalue weighted by Gasteiger charge is -1.98. The number of hydrogen-bond donors (Lipinski definition) is 0. The van der Waals surface area contributed by atoms with Crippen LogP contribution in [-0.2, 0) is 11.2 Å². The number of nitrogens with zero attached hydrogens (tertiary/aromatic N) is 2. The Morgan fingerprint density at radius 3 is 1.71 bits per heavy atom. The first-order valence-corrected chi connectivity index (χ1v) is 9.27. The predicted octanol–water partition coefficient (Wildman–Crippen LogP) is 6.10. The van der Waals surface area contributed by atoms with Crippen LogP contribution in [0.25, 0.3) is 21.8 Å². The fraction of sp³-hybridized carbons (Fsp3) is 0.100. The average molecular weight is 400 g/mol. The Balaban J connectivity index is 0.000000141. The molecule has 0 aliphatic rings. The maximum atomic E-state index is 5.66. The quantitative estimate of drug-likeness (QED) is 0.380. The minimum Gasteiger partial charge on any atom is -0.252 e. The lowest BCUT2D eigenvalue weighted by atomic mass is 10.2. The van der Waals surface area contributed by atoms with E-state index in [1.54, 1.807) is 0 Å². The van der Waals surface area contributed by atoms with Gasteiger partial charge in [0.15, 0.2) is 0 Å². The van der Waals surface area contributed by atoms with E-state index >= 15 is 0 Å². The third-order valence-electron chi connectivity index (χ3n) is 3.59. The first kappa shape index (κ1) is 16.9. The second-order valence-electron chi connectivity index (χ2n) is 5.26. The molecule has 0 amide bonds. The minimum absolute atomic E-state index is 0.477. The highest BCUT2D eigenvalue weighted by atomic mass is 79.9. The van der Waals surface area contributed by atoms with Crippen LogP contribution in [0.2, 0.25) is 0 Å². The molecule has 0 saturated carbocycles. The van der Waals surface area contributed by atoms with Crippen LogP contribution in [0.15, 0.2) is 72.8 Å². The van der Waals surface area contributed by atoms with E-state index in [-0.39, 0.29) is 0 Å². The van der Waals surface area contributed by atoms with Gasteiger partial charge in [0.25, 0.3) is 0 Å². The van der Waals surface area contributed by atoms with Gasteiger partial charge in [-0.05, 0) is 24.3 Å². The maximum Gasteiger partial charge on any atom is 0.0705 e. The van der Waals surface area contributed by atoms with Crippen molar-refractivity contribution in [1.29, 1.82) is 0 Å². The van der Waals surface area contributed by atoms with Gasteiger partial charge in [0.05, 0.1) is 28.3 Å². The monoisotopic (exact) mass is 398 g/mol. The van der Waals surface area contributed by atoms with Crippen molar-refractivity contribution >= 4 is 49.3 Å². The van der Waals surface area contributed by atoms with Crippen LogP contribution in [0.5, 0.6) is 0 Å². The third-order valence-corrected chi connectivity index (χ3v) is 4.43. The molecule has 0 N–H and O–H groups in total. The molecule has 4 aromatic rings. The van der Waals surface area contributed by atoms with Gasteiger partial charge in [-0.3, -0.25) is 9.97 Å². The van der Waals surface area contributed by atoms with Gasteiger partial charge in [-0.1, -0.05) is 64.5 Å². The number of halogens is 2. The van der Waals surface area contributed by atoms with Crippen LogP contribution in [0.1, 0.15) is 11.4 Å². The molecule has 4 heteroatoms. The van der Waals surface area contributed by atoms with Gasteiger partial charge < -0.3 is 0 Å². The van der Waals surface area contributed by atoms with E-state index in [1.807, 2.05) is 60.7 Å². The zero-order valence-corrected chi connectivity index (χ0v) is 15.3. The van der Waals surface area contributed by atoms with E-state index in [0.717, 1.165) is 33.1 Å². The molecular formula is C20H16BrClN2. The first-order chi connectivity index (χ1) is 11.8. The summed E-state index contributed by atoms with van der Waals surface area (Å²) in [6, 6.07) is 24.3. The van der Waals surface area contributed by atoms with Crippen molar-refractivity contribution < 1.29 is 0 Å². The Morgan fingerprint density at radius 1 is 0.667 bits per heavy atom. The maximum absolute atomic E-state index is 5.66. The molecule has 2 aromatic carbocycles. The topological polar surface area (TPSA) is 25.8 Å².